The molecule has 2 N–H and O–H groups in total. The first-order valence-corrected chi connectivity index (χ1v) is 8.54. The van der Waals surface area contributed by atoms with Gasteiger partial charge in [0.1, 0.15) is 0 Å². The van der Waals surface area contributed by atoms with Gasteiger partial charge in [-0.3, -0.25) is 0 Å². The summed E-state index contributed by atoms with van der Waals surface area (Å²) in [5.41, 5.74) is -0.120. The summed E-state index contributed by atoms with van der Waals surface area (Å²) in [7, 11) is 1.76. The van der Waals surface area contributed by atoms with Crippen molar-refractivity contribution >= 4 is 0 Å². The zero-order valence-electron chi connectivity index (χ0n) is 15.0. The Bertz CT molecular complexity index is 237. The molecule has 0 aromatic heterocycles. The van der Waals surface area contributed by atoms with E-state index in [0.29, 0.717) is 5.92 Å². The number of aliphatic hydroxyl groups excluding tert-OH is 1. The van der Waals surface area contributed by atoms with Gasteiger partial charge in [0.2, 0.25) is 0 Å². The van der Waals surface area contributed by atoms with E-state index in [1.807, 2.05) is 0 Å². The second kappa shape index (κ2) is 12.4. The summed E-state index contributed by atoms with van der Waals surface area (Å²) in [5.74, 6) is 0.691. The lowest BCUT2D eigenvalue weighted by Gasteiger charge is -2.29. The lowest BCUT2D eigenvalue weighted by atomic mass is 9.95. The van der Waals surface area contributed by atoms with Crippen molar-refractivity contribution < 1.29 is 9.84 Å². The quantitative estimate of drug-likeness (QED) is 0.484. The molecule has 1 unspecified atom stereocenters. The molecule has 0 radical (unpaired) electrons. The summed E-state index contributed by atoms with van der Waals surface area (Å²) in [5, 5.41) is 13.0. The third kappa shape index (κ3) is 11.1. The maximum Gasteiger partial charge on any atom is 0.0610 e. The van der Waals surface area contributed by atoms with Crippen molar-refractivity contribution in [3.05, 3.63) is 0 Å². The van der Waals surface area contributed by atoms with Gasteiger partial charge in [-0.05, 0) is 45.2 Å². The van der Waals surface area contributed by atoms with Crippen molar-refractivity contribution in [1.82, 2.24) is 10.2 Å². The molecular weight excluding hydrogens is 264 g/mol. The maximum absolute atomic E-state index is 9.57. The summed E-state index contributed by atoms with van der Waals surface area (Å²) >= 11 is 0. The van der Waals surface area contributed by atoms with Crippen molar-refractivity contribution in [2.75, 3.05) is 46.5 Å². The summed E-state index contributed by atoms with van der Waals surface area (Å²) in [6.07, 6.45) is 4.47. The smallest absolute Gasteiger partial charge is 0.0610 e. The van der Waals surface area contributed by atoms with Crippen molar-refractivity contribution in [2.24, 2.45) is 5.92 Å². The molecule has 0 aliphatic carbocycles. The highest BCUT2D eigenvalue weighted by molar-refractivity contribution is 4.82. The van der Waals surface area contributed by atoms with Crippen LogP contribution in [-0.2, 0) is 4.74 Å². The van der Waals surface area contributed by atoms with Gasteiger partial charge >= 0.3 is 0 Å². The van der Waals surface area contributed by atoms with Crippen molar-refractivity contribution in [3.8, 4) is 0 Å². The number of aliphatic hydroxyl groups is 1. The Kier molecular flexibility index (Phi) is 12.3. The number of methoxy groups -OCH3 is 1. The van der Waals surface area contributed by atoms with Gasteiger partial charge in [-0.15, -0.1) is 0 Å². The molecule has 21 heavy (non-hydrogen) atoms. The molecule has 0 aliphatic heterocycles. The monoisotopic (exact) mass is 302 g/mol. The summed E-state index contributed by atoms with van der Waals surface area (Å²) < 4.78 is 5.19. The van der Waals surface area contributed by atoms with Gasteiger partial charge in [0, 0.05) is 25.7 Å². The maximum atomic E-state index is 9.57. The molecule has 0 aromatic rings. The number of hydrogen-bond acceptors (Lipinski definition) is 4. The number of unbranched alkanes of at least 4 members (excludes halogenated alkanes) is 1. The van der Waals surface area contributed by atoms with Gasteiger partial charge in [0.25, 0.3) is 0 Å². The average molecular weight is 303 g/mol. The second-order valence-corrected chi connectivity index (χ2v) is 6.79. The Labute approximate surface area is 132 Å². The van der Waals surface area contributed by atoms with Gasteiger partial charge in [0.15, 0.2) is 0 Å². The van der Waals surface area contributed by atoms with E-state index in [1.165, 1.54) is 6.42 Å². The standard InChI is InChI=1S/C17H38N2O2/c1-6-10-18-17(4,15-20)9-7-8-11-19(12-13-21-5)14-16(2)3/h16,18,20H,6-15H2,1-5H3. The van der Waals surface area contributed by atoms with Crippen LogP contribution in [0.2, 0.25) is 0 Å². The lowest BCUT2D eigenvalue weighted by Crippen LogP contribution is -2.46. The molecule has 0 fully saturated rings. The van der Waals surface area contributed by atoms with Gasteiger partial charge in [-0.1, -0.05) is 27.2 Å². The van der Waals surface area contributed by atoms with Crippen LogP contribution in [0.4, 0.5) is 0 Å². The van der Waals surface area contributed by atoms with Crippen LogP contribution in [0, 0.1) is 5.92 Å². The van der Waals surface area contributed by atoms with Crippen molar-refractivity contribution in [2.45, 2.75) is 58.9 Å². The largest absolute Gasteiger partial charge is 0.394 e. The Morgan fingerprint density at radius 1 is 1.24 bits per heavy atom. The van der Waals surface area contributed by atoms with Crippen LogP contribution in [0.5, 0.6) is 0 Å². The summed E-state index contributed by atoms with van der Waals surface area (Å²) in [6.45, 7) is 14.1. The molecule has 0 aliphatic rings. The first kappa shape index (κ1) is 20.8. The fourth-order valence-corrected chi connectivity index (χ4v) is 2.53. The molecule has 0 rings (SSSR count). The molecule has 0 spiro atoms. The number of ether oxygens (including phenoxy) is 1. The first-order valence-electron chi connectivity index (χ1n) is 8.54. The first-order chi connectivity index (χ1) is 9.97. The molecule has 4 nitrogen and oxygen atoms in total. The SMILES string of the molecule is CCCNC(C)(CO)CCCCN(CCOC)CC(C)C. The Balaban J connectivity index is 4.00. The van der Waals surface area contributed by atoms with E-state index in [9.17, 15) is 5.11 Å². The number of nitrogens with one attached hydrogen (secondary N) is 1. The minimum Gasteiger partial charge on any atom is -0.394 e. The average Bonchev–Trinajstić information content (AvgIpc) is 2.46. The third-order valence-corrected chi connectivity index (χ3v) is 3.84. The van der Waals surface area contributed by atoms with Gasteiger partial charge < -0.3 is 20.1 Å². The molecule has 0 heterocycles. The fraction of sp³-hybridized carbons (Fsp3) is 1.00. The molecule has 4 heteroatoms. The number of rotatable bonds is 14. The van der Waals surface area contributed by atoms with Gasteiger partial charge in [-0.2, -0.15) is 0 Å². The zero-order chi connectivity index (χ0) is 16.1. The van der Waals surface area contributed by atoms with Crippen LogP contribution in [0.1, 0.15) is 53.4 Å². The highest BCUT2D eigenvalue weighted by Gasteiger charge is 2.21. The predicted octanol–water partition coefficient (Wildman–Crippen LogP) is 2.51. The predicted molar refractivity (Wildman–Crippen MR) is 90.8 cm³/mol. The van der Waals surface area contributed by atoms with Gasteiger partial charge in [0.05, 0.1) is 13.2 Å². The second-order valence-electron chi connectivity index (χ2n) is 6.79. The zero-order valence-corrected chi connectivity index (χ0v) is 15.0. The molecule has 0 bridgehead atoms. The fourth-order valence-electron chi connectivity index (χ4n) is 2.53. The highest BCUT2D eigenvalue weighted by Crippen LogP contribution is 2.14. The molecule has 0 aromatic carbocycles. The summed E-state index contributed by atoms with van der Waals surface area (Å²) in [4.78, 5) is 2.49. The van der Waals surface area contributed by atoms with Crippen molar-refractivity contribution in [3.63, 3.8) is 0 Å². The van der Waals surface area contributed by atoms with Crippen LogP contribution in [0.25, 0.3) is 0 Å². The third-order valence-electron chi connectivity index (χ3n) is 3.84. The molecule has 0 amide bonds. The van der Waals surface area contributed by atoms with E-state index in [-0.39, 0.29) is 12.1 Å². The van der Waals surface area contributed by atoms with Crippen LogP contribution in [0.15, 0.2) is 0 Å². The van der Waals surface area contributed by atoms with Crippen LogP contribution >= 0.6 is 0 Å². The summed E-state index contributed by atoms with van der Waals surface area (Å²) in [6, 6.07) is 0. The van der Waals surface area contributed by atoms with E-state index in [2.05, 4.69) is 37.9 Å². The Hall–Kier alpha value is -0.160. The highest BCUT2D eigenvalue weighted by atomic mass is 16.5. The molecule has 0 saturated heterocycles. The van der Waals surface area contributed by atoms with E-state index in [0.717, 1.165) is 52.0 Å². The Morgan fingerprint density at radius 3 is 2.48 bits per heavy atom. The van der Waals surface area contributed by atoms with Crippen LogP contribution in [0.3, 0.4) is 0 Å². The molecular formula is C17H38N2O2. The van der Waals surface area contributed by atoms with Crippen molar-refractivity contribution in [1.29, 1.82) is 0 Å². The van der Waals surface area contributed by atoms with Crippen LogP contribution in [-0.4, -0.2) is 62.0 Å². The topological polar surface area (TPSA) is 44.7 Å². The Morgan fingerprint density at radius 2 is 1.95 bits per heavy atom. The van der Waals surface area contributed by atoms with E-state index < -0.39 is 0 Å². The van der Waals surface area contributed by atoms with E-state index >= 15 is 0 Å². The molecule has 128 valence electrons. The lowest BCUT2D eigenvalue weighted by molar-refractivity contribution is 0.134. The number of hydrogen-bond donors (Lipinski definition) is 2. The van der Waals surface area contributed by atoms with E-state index in [1.54, 1.807) is 7.11 Å². The molecule has 0 saturated carbocycles. The molecule has 1 atom stereocenters. The number of nitrogens with zero attached hydrogens (tertiary/aromatic N) is 1. The normalized spacial score (nSPS) is 14.9. The van der Waals surface area contributed by atoms with Crippen LogP contribution < -0.4 is 5.32 Å². The minimum absolute atomic E-state index is 0.120. The van der Waals surface area contributed by atoms with E-state index in [4.69, 9.17) is 4.74 Å². The minimum atomic E-state index is -0.120. The van der Waals surface area contributed by atoms with Gasteiger partial charge in [-0.25, -0.2) is 0 Å².